The molecule has 0 atom stereocenters. The van der Waals surface area contributed by atoms with Gasteiger partial charge in [0.05, 0.1) is 22.3 Å². The molecule has 0 radical (unpaired) electrons. The van der Waals surface area contributed by atoms with E-state index in [-0.39, 0.29) is 41.4 Å². The van der Waals surface area contributed by atoms with Crippen LogP contribution in [-0.2, 0) is 16.8 Å². The summed E-state index contributed by atoms with van der Waals surface area (Å²) in [5, 5.41) is 13.4. The van der Waals surface area contributed by atoms with Crippen LogP contribution in [0.15, 0.2) is 36.5 Å². The monoisotopic (exact) mass is 516 g/mol. The molecule has 0 spiro atoms. The van der Waals surface area contributed by atoms with Gasteiger partial charge in [0, 0.05) is 37.3 Å². The molecule has 0 saturated heterocycles. The molecule has 1 aromatic heterocycles. The molecule has 2 aromatic carbocycles. The van der Waals surface area contributed by atoms with Gasteiger partial charge in [-0.25, -0.2) is 4.98 Å². The number of aromatic nitrogens is 2. The number of carbonyl (C=O) groups excluding carboxylic acids is 2. The maximum atomic E-state index is 13.2. The third kappa shape index (κ3) is 4.34. The van der Waals surface area contributed by atoms with Gasteiger partial charge in [0.2, 0.25) is 17.7 Å². The van der Waals surface area contributed by atoms with E-state index < -0.39 is 0 Å². The molecule has 9 nitrogen and oxygen atoms in total. The van der Waals surface area contributed by atoms with Crippen molar-refractivity contribution in [3.05, 3.63) is 69.4 Å². The number of ether oxygens (including phenoxy) is 1. The average molecular weight is 517 g/mol. The number of hydrogen-bond donors (Lipinski definition) is 1. The molecule has 2 aliphatic heterocycles. The minimum atomic E-state index is -0.370. The van der Waals surface area contributed by atoms with Crippen molar-refractivity contribution >= 4 is 40.7 Å². The molecule has 0 bridgehead atoms. The predicted octanol–water partition coefficient (Wildman–Crippen LogP) is 4.69. The number of nitrogens with zero attached hydrogens (tertiary/aromatic N) is 5. The first kappa shape index (κ1) is 24.5. The zero-order valence-electron chi connectivity index (χ0n) is 20.9. The fourth-order valence-corrected chi connectivity index (χ4v) is 5.42. The number of para-hydroxylation sites is 1. The van der Waals surface area contributed by atoms with Crippen molar-refractivity contribution in [3.8, 4) is 11.9 Å². The van der Waals surface area contributed by atoms with Crippen LogP contribution in [0.4, 0.5) is 17.3 Å². The van der Waals surface area contributed by atoms with E-state index in [1.165, 1.54) is 11.1 Å². The van der Waals surface area contributed by atoms with Crippen LogP contribution in [0.3, 0.4) is 0 Å². The highest BCUT2D eigenvalue weighted by Crippen LogP contribution is 2.38. The second-order valence-electron chi connectivity index (χ2n) is 9.88. The molecule has 0 unspecified atom stereocenters. The van der Waals surface area contributed by atoms with E-state index in [9.17, 15) is 14.9 Å². The quantitative estimate of drug-likeness (QED) is 0.537. The molecule has 37 heavy (non-hydrogen) atoms. The number of fused-ring (bicyclic) bond motifs is 2. The Morgan fingerprint density at radius 1 is 1.30 bits per heavy atom. The van der Waals surface area contributed by atoms with Crippen molar-refractivity contribution in [2.45, 2.75) is 39.7 Å². The van der Waals surface area contributed by atoms with Gasteiger partial charge in [0.25, 0.3) is 5.91 Å². The second-order valence-corrected chi connectivity index (χ2v) is 10.3. The first-order valence-electron chi connectivity index (χ1n) is 11.8. The zero-order chi connectivity index (χ0) is 26.5. The van der Waals surface area contributed by atoms with Gasteiger partial charge in [-0.3, -0.25) is 14.5 Å². The Balaban J connectivity index is 1.45. The normalized spacial score (nSPS) is 15.8. The third-order valence-electron chi connectivity index (χ3n) is 6.68. The molecule has 188 valence electrons. The van der Waals surface area contributed by atoms with Crippen LogP contribution < -0.4 is 15.0 Å². The molecular formula is C27H25ClN6O3. The topological polar surface area (TPSA) is 111 Å². The summed E-state index contributed by atoms with van der Waals surface area (Å²) in [7, 11) is 0. The van der Waals surface area contributed by atoms with Crippen molar-refractivity contribution in [1.82, 2.24) is 14.9 Å². The van der Waals surface area contributed by atoms with Crippen LogP contribution in [0.25, 0.3) is 0 Å². The van der Waals surface area contributed by atoms with Crippen LogP contribution in [0, 0.1) is 18.3 Å². The molecule has 1 N–H and O–H groups in total. The van der Waals surface area contributed by atoms with Gasteiger partial charge in [0.1, 0.15) is 5.56 Å². The Morgan fingerprint density at radius 2 is 2.08 bits per heavy atom. The predicted molar refractivity (Wildman–Crippen MR) is 139 cm³/mol. The minimum Gasteiger partial charge on any atom is -0.455 e. The maximum Gasteiger partial charge on any atom is 0.268 e. The van der Waals surface area contributed by atoms with Crippen LogP contribution in [0.1, 0.15) is 53.4 Å². The van der Waals surface area contributed by atoms with E-state index in [1.807, 2.05) is 39.0 Å². The lowest BCUT2D eigenvalue weighted by molar-refractivity contribution is -0.130. The van der Waals surface area contributed by atoms with Crippen LogP contribution in [-0.4, -0.2) is 40.0 Å². The smallest absolute Gasteiger partial charge is 0.268 e. The Bertz CT molecular complexity index is 1480. The molecule has 0 saturated carbocycles. The van der Waals surface area contributed by atoms with E-state index in [0.29, 0.717) is 35.1 Å². The van der Waals surface area contributed by atoms with Gasteiger partial charge in [-0.2, -0.15) is 10.2 Å². The first-order chi connectivity index (χ1) is 17.6. The number of nitriles is 1. The Labute approximate surface area is 219 Å². The van der Waals surface area contributed by atoms with Crippen molar-refractivity contribution in [1.29, 1.82) is 5.26 Å². The van der Waals surface area contributed by atoms with E-state index >= 15 is 0 Å². The molecule has 0 aliphatic carbocycles. The van der Waals surface area contributed by atoms with Crippen molar-refractivity contribution in [3.63, 3.8) is 0 Å². The third-order valence-corrected chi connectivity index (χ3v) is 6.99. The summed E-state index contributed by atoms with van der Waals surface area (Å²) in [6.45, 7) is 8.40. The van der Waals surface area contributed by atoms with Gasteiger partial charge >= 0.3 is 0 Å². The SMILES string of the molecule is CC(=O)N1Cc2cc(Nc3ncc4c(n3)OCN(c3c(C)cccc3Cl)C4=O)cc(C#N)c2C(C)(C)C1. The summed E-state index contributed by atoms with van der Waals surface area (Å²) >= 11 is 6.35. The molecule has 3 heterocycles. The van der Waals surface area contributed by atoms with Crippen molar-refractivity contribution in [2.75, 3.05) is 23.5 Å². The molecule has 10 heteroatoms. The molecule has 3 aromatic rings. The van der Waals surface area contributed by atoms with E-state index in [4.69, 9.17) is 16.3 Å². The lowest BCUT2D eigenvalue weighted by Gasteiger charge is -2.40. The number of carbonyl (C=O) groups is 2. The number of halogens is 1. The molecule has 5 rings (SSSR count). The summed E-state index contributed by atoms with van der Waals surface area (Å²) in [6.07, 6.45) is 1.41. The standard InChI is InChI=1S/C27H25ClN6O3/c1-15-6-5-7-21(28)23(15)34-14-37-24-20(25(34)36)11-30-26(32-24)31-19-8-17(10-29)22-18(9-19)12-33(16(2)35)13-27(22,3)4/h5-9,11H,12-14H2,1-4H3,(H,30,31,32). The number of hydrogen-bond acceptors (Lipinski definition) is 7. The van der Waals surface area contributed by atoms with Crippen LogP contribution in [0.2, 0.25) is 5.02 Å². The van der Waals surface area contributed by atoms with Gasteiger partial charge in [-0.1, -0.05) is 37.6 Å². The number of rotatable bonds is 3. The number of amides is 2. The lowest BCUT2D eigenvalue weighted by Crippen LogP contribution is -2.44. The van der Waals surface area contributed by atoms with Crippen molar-refractivity contribution < 1.29 is 14.3 Å². The Hall–Kier alpha value is -4.16. The van der Waals surface area contributed by atoms with Gasteiger partial charge < -0.3 is 15.0 Å². The van der Waals surface area contributed by atoms with E-state index in [2.05, 4.69) is 21.4 Å². The van der Waals surface area contributed by atoms with Crippen molar-refractivity contribution in [2.24, 2.45) is 0 Å². The van der Waals surface area contributed by atoms with Gasteiger partial charge in [0.15, 0.2) is 6.73 Å². The fraction of sp³-hybridized carbons (Fsp3) is 0.296. The molecular weight excluding hydrogens is 492 g/mol. The zero-order valence-corrected chi connectivity index (χ0v) is 21.7. The average Bonchev–Trinajstić information content (AvgIpc) is 2.84. The largest absolute Gasteiger partial charge is 0.455 e. The highest BCUT2D eigenvalue weighted by Gasteiger charge is 2.36. The van der Waals surface area contributed by atoms with Gasteiger partial charge in [-0.05, 0) is 41.8 Å². The molecule has 0 fully saturated rings. The number of benzene rings is 2. The lowest BCUT2D eigenvalue weighted by atomic mass is 9.75. The number of anilines is 3. The Morgan fingerprint density at radius 3 is 2.78 bits per heavy atom. The summed E-state index contributed by atoms with van der Waals surface area (Å²) in [5.74, 6) is 0.0506. The van der Waals surface area contributed by atoms with E-state index in [0.717, 1.165) is 16.7 Å². The van der Waals surface area contributed by atoms with Crippen LogP contribution >= 0.6 is 11.6 Å². The number of aryl methyl sites for hydroxylation is 1. The summed E-state index contributed by atoms with van der Waals surface area (Å²) in [5.41, 5.74) is 4.25. The minimum absolute atomic E-state index is 0.0172. The van der Waals surface area contributed by atoms with Crippen LogP contribution in [0.5, 0.6) is 5.88 Å². The maximum absolute atomic E-state index is 13.2. The highest BCUT2D eigenvalue weighted by molar-refractivity contribution is 6.34. The van der Waals surface area contributed by atoms with E-state index in [1.54, 1.807) is 24.0 Å². The highest BCUT2D eigenvalue weighted by atomic mass is 35.5. The number of nitrogens with one attached hydrogen (secondary N) is 1. The Kier molecular flexibility index (Phi) is 6.00. The molecule has 2 amide bonds. The van der Waals surface area contributed by atoms with Gasteiger partial charge in [-0.15, -0.1) is 0 Å². The molecule has 2 aliphatic rings. The first-order valence-corrected chi connectivity index (χ1v) is 12.1. The summed E-state index contributed by atoms with van der Waals surface area (Å²) in [4.78, 5) is 37.3. The fourth-order valence-electron chi connectivity index (χ4n) is 5.10. The summed E-state index contributed by atoms with van der Waals surface area (Å²) < 4.78 is 5.81. The second kappa shape index (κ2) is 9.05. The summed E-state index contributed by atoms with van der Waals surface area (Å²) in [6, 6.07) is 11.4.